The van der Waals surface area contributed by atoms with E-state index in [2.05, 4.69) is 5.32 Å². The van der Waals surface area contributed by atoms with E-state index in [0.29, 0.717) is 11.6 Å². The number of aliphatic carboxylic acids is 1. The van der Waals surface area contributed by atoms with Crippen molar-refractivity contribution in [2.75, 3.05) is 0 Å². The number of alkyl carbamates (subject to hydrolysis) is 1. The second-order valence-corrected chi connectivity index (χ2v) is 5.75. The van der Waals surface area contributed by atoms with Crippen molar-refractivity contribution in [3.05, 3.63) is 41.5 Å². The minimum Gasteiger partial charge on any atom is -0.507 e. The first kappa shape index (κ1) is 18.2. The van der Waals surface area contributed by atoms with E-state index in [1.54, 1.807) is 32.9 Å². The highest BCUT2D eigenvalue weighted by molar-refractivity contribution is 6.38. The highest BCUT2D eigenvalue weighted by atomic mass is 16.6. The Hall–Kier alpha value is -2.83. The number of carboxylic acid groups (broad SMARTS) is 1. The summed E-state index contributed by atoms with van der Waals surface area (Å²) in [5.41, 5.74) is 0.309. The summed E-state index contributed by atoms with van der Waals surface area (Å²) in [6, 6.07) is 6.35. The highest BCUT2D eigenvalue weighted by Gasteiger charge is 2.16. The first-order valence-electron chi connectivity index (χ1n) is 6.82. The standard InChI is InChI=1S/C16H19NO6/c1-16(2,3)23-15(22)17-9-10-5-4-6-11(7-10)12(18)8-13(19)14(20)21/h4-8,18H,9H2,1-3H3,(H,17,22)(H,20,21). The largest absolute Gasteiger partial charge is 0.507 e. The number of carboxylic acids is 1. The lowest BCUT2D eigenvalue weighted by molar-refractivity contribution is -0.146. The number of carbonyl (C=O) groups is 3. The van der Waals surface area contributed by atoms with Gasteiger partial charge in [0.25, 0.3) is 5.78 Å². The van der Waals surface area contributed by atoms with E-state index in [1.807, 2.05) is 0 Å². The molecule has 3 N–H and O–H groups in total. The maximum Gasteiger partial charge on any atom is 0.407 e. The lowest BCUT2D eigenvalue weighted by atomic mass is 10.1. The third-order valence-corrected chi connectivity index (χ3v) is 2.54. The van der Waals surface area contributed by atoms with Gasteiger partial charge >= 0.3 is 12.1 Å². The van der Waals surface area contributed by atoms with Crippen LogP contribution in [0.25, 0.3) is 5.76 Å². The molecule has 0 radical (unpaired) electrons. The quantitative estimate of drug-likeness (QED) is 0.435. The maximum atomic E-state index is 11.6. The highest BCUT2D eigenvalue weighted by Crippen LogP contribution is 2.14. The Balaban J connectivity index is 2.76. The average molecular weight is 321 g/mol. The molecule has 1 aromatic rings. The number of benzene rings is 1. The molecule has 0 fully saturated rings. The van der Waals surface area contributed by atoms with E-state index in [0.717, 1.165) is 0 Å². The molecule has 0 spiro atoms. The van der Waals surface area contributed by atoms with Gasteiger partial charge in [-0.15, -0.1) is 0 Å². The van der Waals surface area contributed by atoms with Gasteiger partial charge in [-0.05, 0) is 32.4 Å². The molecule has 7 nitrogen and oxygen atoms in total. The van der Waals surface area contributed by atoms with E-state index in [9.17, 15) is 19.5 Å². The van der Waals surface area contributed by atoms with E-state index in [1.165, 1.54) is 12.1 Å². The molecule has 0 aliphatic heterocycles. The molecule has 0 aromatic heterocycles. The molecule has 0 unspecified atom stereocenters. The third-order valence-electron chi connectivity index (χ3n) is 2.54. The molecule has 1 rings (SSSR count). The molecular formula is C16H19NO6. The molecule has 7 heteroatoms. The Morgan fingerprint density at radius 2 is 1.87 bits per heavy atom. The summed E-state index contributed by atoms with van der Waals surface area (Å²) in [5.74, 6) is -3.34. The van der Waals surface area contributed by atoms with Crippen LogP contribution in [0.15, 0.2) is 30.3 Å². The molecule has 0 atom stereocenters. The molecule has 124 valence electrons. The third kappa shape index (κ3) is 6.64. The summed E-state index contributed by atoms with van der Waals surface area (Å²) < 4.78 is 5.10. The van der Waals surface area contributed by atoms with Gasteiger partial charge in [0, 0.05) is 18.2 Å². The zero-order valence-corrected chi connectivity index (χ0v) is 13.1. The maximum absolute atomic E-state index is 11.6. The number of rotatable bonds is 5. The molecule has 0 bridgehead atoms. The number of carbonyl (C=O) groups excluding carboxylic acids is 2. The van der Waals surface area contributed by atoms with Crippen LogP contribution in [0.4, 0.5) is 4.79 Å². The molecule has 23 heavy (non-hydrogen) atoms. The number of hydrogen-bond donors (Lipinski definition) is 3. The number of amides is 1. The fraction of sp³-hybridized carbons (Fsp3) is 0.312. The van der Waals surface area contributed by atoms with Crippen LogP contribution in [0.1, 0.15) is 31.9 Å². The molecule has 1 aromatic carbocycles. The molecule has 0 heterocycles. The summed E-state index contributed by atoms with van der Waals surface area (Å²) in [5, 5.41) is 20.8. The average Bonchev–Trinajstić information content (AvgIpc) is 2.43. The van der Waals surface area contributed by atoms with Gasteiger partial charge in [-0.25, -0.2) is 9.59 Å². The first-order valence-corrected chi connectivity index (χ1v) is 6.82. The second kappa shape index (κ2) is 7.44. The number of hydrogen-bond acceptors (Lipinski definition) is 5. The van der Waals surface area contributed by atoms with Crippen LogP contribution in [-0.2, 0) is 20.9 Å². The van der Waals surface area contributed by atoms with Crippen molar-refractivity contribution in [3.63, 3.8) is 0 Å². The summed E-state index contributed by atoms with van der Waals surface area (Å²) in [6.07, 6.45) is 0.0478. The van der Waals surface area contributed by atoms with Gasteiger partial charge in [0.15, 0.2) is 0 Å². The van der Waals surface area contributed by atoms with Crippen LogP contribution in [0.5, 0.6) is 0 Å². The number of ether oxygens (including phenoxy) is 1. The zero-order chi connectivity index (χ0) is 17.6. The van der Waals surface area contributed by atoms with Gasteiger partial charge in [-0.3, -0.25) is 4.79 Å². The van der Waals surface area contributed by atoms with Crippen molar-refractivity contribution in [2.45, 2.75) is 32.9 Å². The summed E-state index contributed by atoms with van der Waals surface area (Å²) in [7, 11) is 0. The number of aliphatic hydroxyl groups is 1. The first-order chi connectivity index (χ1) is 10.6. The van der Waals surface area contributed by atoms with Crippen LogP contribution in [0.2, 0.25) is 0 Å². The Morgan fingerprint density at radius 1 is 1.22 bits per heavy atom. The predicted octanol–water partition coefficient (Wildman–Crippen LogP) is 2.26. The van der Waals surface area contributed by atoms with Crippen molar-refractivity contribution in [3.8, 4) is 0 Å². The van der Waals surface area contributed by atoms with Crippen LogP contribution >= 0.6 is 0 Å². The topological polar surface area (TPSA) is 113 Å². The molecule has 0 saturated heterocycles. The summed E-state index contributed by atoms with van der Waals surface area (Å²) in [6.45, 7) is 5.39. The van der Waals surface area contributed by atoms with Crippen LogP contribution < -0.4 is 5.32 Å². The van der Waals surface area contributed by atoms with E-state index >= 15 is 0 Å². The van der Waals surface area contributed by atoms with Crippen molar-refractivity contribution in [1.29, 1.82) is 0 Å². The summed E-state index contributed by atoms with van der Waals surface area (Å²) in [4.78, 5) is 33.1. The predicted molar refractivity (Wildman–Crippen MR) is 82.8 cm³/mol. The Morgan fingerprint density at radius 3 is 2.43 bits per heavy atom. The van der Waals surface area contributed by atoms with E-state index in [4.69, 9.17) is 9.84 Å². The van der Waals surface area contributed by atoms with Crippen molar-refractivity contribution < 1.29 is 29.3 Å². The smallest absolute Gasteiger partial charge is 0.407 e. The van der Waals surface area contributed by atoms with Gasteiger partial charge in [0.1, 0.15) is 11.4 Å². The molecule has 1 amide bonds. The van der Waals surface area contributed by atoms with Crippen molar-refractivity contribution >= 4 is 23.6 Å². The van der Waals surface area contributed by atoms with Gasteiger partial charge in [0.2, 0.25) is 0 Å². The van der Waals surface area contributed by atoms with Gasteiger partial charge in [0.05, 0.1) is 0 Å². The Kier molecular flexibility index (Phi) is 5.89. The van der Waals surface area contributed by atoms with E-state index in [-0.39, 0.29) is 12.1 Å². The molecule has 0 aliphatic rings. The SMILES string of the molecule is CC(C)(C)OC(=O)NCc1cccc(C(O)=CC(=O)C(=O)O)c1. The minimum atomic E-state index is -1.65. The van der Waals surface area contributed by atoms with Crippen LogP contribution in [0, 0.1) is 0 Å². The lowest BCUT2D eigenvalue weighted by Crippen LogP contribution is -2.32. The normalized spacial score (nSPS) is 11.7. The van der Waals surface area contributed by atoms with Crippen LogP contribution in [-0.4, -0.2) is 33.7 Å². The van der Waals surface area contributed by atoms with Crippen molar-refractivity contribution in [1.82, 2.24) is 5.32 Å². The fourth-order valence-corrected chi connectivity index (χ4v) is 1.60. The van der Waals surface area contributed by atoms with Gasteiger partial charge in [-0.2, -0.15) is 0 Å². The monoisotopic (exact) mass is 321 g/mol. The Labute approximate surface area is 133 Å². The number of ketones is 1. The molecule has 0 aliphatic carbocycles. The van der Waals surface area contributed by atoms with Gasteiger partial charge < -0.3 is 20.3 Å². The van der Waals surface area contributed by atoms with Crippen LogP contribution in [0.3, 0.4) is 0 Å². The van der Waals surface area contributed by atoms with Gasteiger partial charge in [-0.1, -0.05) is 18.2 Å². The number of aliphatic hydroxyl groups excluding tert-OH is 1. The lowest BCUT2D eigenvalue weighted by Gasteiger charge is -2.19. The molecule has 0 saturated carbocycles. The zero-order valence-electron chi connectivity index (χ0n) is 13.1. The molecular weight excluding hydrogens is 302 g/mol. The van der Waals surface area contributed by atoms with Crippen molar-refractivity contribution in [2.24, 2.45) is 0 Å². The summed E-state index contributed by atoms with van der Waals surface area (Å²) >= 11 is 0. The Bertz CT molecular complexity index is 642. The minimum absolute atomic E-state index is 0.156. The number of nitrogens with one attached hydrogen (secondary N) is 1. The second-order valence-electron chi connectivity index (χ2n) is 5.75. The van der Waals surface area contributed by atoms with E-state index < -0.39 is 29.2 Å². The fourth-order valence-electron chi connectivity index (χ4n) is 1.60.